The van der Waals surface area contributed by atoms with E-state index in [1.54, 1.807) is 13.3 Å². The van der Waals surface area contributed by atoms with Crippen LogP contribution in [0.15, 0.2) is 52.1 Å². The van der Waals surface area contributed by atoms with Crippen molar-refractivity contribution in [2.45, 2.75) is 37.8 Å². The topological polar surface area (TPSA) is 91.1 Å². The summed E-state index contributed by atoms with van der Waals surface area (Å²) in [7, 11) is 1.68. The minimum atomic E-state index is 0. The molecule has 2 aliphatic heterocycles. The normalized spacial score (nSPS) is 19.1. The Morgan fingerprint density at radius 2 is 1.94 bits per heavy atom. The van der Waals surface area contributed by atoms with Crippen LogP contribution in [0.1, 0.15) is 36.6 Å². The summed E-state index contributed by atoms with van der Waals surface area (Å²) in [6, 6.07) is 12.5. The molecule has 1 amide bonds. The van der Waals surface area contributed by atoms with Crippen LogP contribution >= 0.6 is 24.0 Å². The zero-order chi connectivity index (χ0) is 22.2. The number of ether oxygens (including phenoxy) is 1. The Balaban J connectivity index is 0.00000306. The van der Waals surface area contributed by atoms with Gasteiger partial charge in [-0.1, -0.05) is 18.2 Å². The first-order chi connectivity index (χ1) is 15.7. The summed E-state index contributed by atoms with van der Waals surface area (Å²) >= 11 is 0. The number of furan rings is 1. The van der Waals surface area contributed by atoms with Gasteiger partial charge in [-0.25, -0.2) is 0 Å². The van der Waals surface area contributed by atoms with Gasteiger partial charge in [-0.3, -0.25) is 14.7 Å². The number of fused-ring (bicyclic) bond motifs is 1. The molecule has 180 valence electrons. The number of hydrogen-bond acceptors (Lipinski definition) is 5. The van der Waals surface area contributed by atoms with Crippen LogP contribution in [-0.4, -0.2) is 62.6 Å². The number of hydrogen-bond donors (Lipinski definition) is 3. The SMILES string of the molecule is CNC(=O)CN1CCC(NC(=NCCc2ccco2)NC2CCOc3ccccc32)CC1.I. The first-order valence-electron chi connectivity index (χ1n) is 11.5. The van der Waals surface area contributed by atoms with Gasteiger partial charge in [-0.15, -0.1) is 24.0 Å². The highest BCUT2D eigenvalue weighted by Crippen LogP contribution is 2.31. The average Bonchev–Trinajstić information content (AvgIpc) is 3.34. The maximum Gasteiger partial charge on any atom is 0.233 e. The number of rotatable bonds is 7. The minimum absolute atomic E-state index is 0. The lowest BCUT2D eigenvalue weighted by atomic mass is 10.0. The highest BCUT2D eigenvalue weighted by atomic mass is 127. The van der Waals surface area contributed by atoms with E-state index < -0.39 is 0 Å². The molecule has 0 saturated carbocycles. The predicted molar refractivity (Wildman–Crippen MR) is 139 cm³/mol. The quantitative estimate of drug-likeness (QED) is 0.271. The van der Waals surface area contributed by atoms with Crippen LogP contribution in [0.2, 0.25) is 0 Å². The van der Waals surface area contributed by atoms with Crippen LogP contribution in [0, 0.1) is 0 Å². The van der Waals surface area contributed by atoms with E-state index in [1.165, 1.54) is 5.56 Å². The van der Waals surface area contributed by atoms with Crippen molar-refractivity contribution in [3.8, 4) is 5.75 Å². The number of carbonyl (C=O) groups is 1. The van der Waals surface area contributed by atoms with E-state index in [0.717, 1.165) is 56.2 Å². The molecule has 0 spiro atoms. The molecule has 4 rings (SSSR count). The van der Waals surface area contributed by atoms with Gasteiger partial charge in [-0.05, 0) is 31.0 Å². The summed E-state index contributed by atoms with van der Waals surface area (Å²) in [4.78, 5) is 18.7. The molecule has 8 nitrogen and oxygen atoms in total. The third-order valence-electron chi connectivity index (χ3n) is 6.05. The number of piperidine rings is 1. The third kappa shape index (κ3) is 7.36. The number of carbonyl (C=O) groups excluding carboxylic acids is 1. The summed E-state index contributed by atoms with van der Waals surface area (Å²) in [5, 5.41) is 9.99. The Kier molecular flexibility index (Phi) is 9.86. The van der Waals surface area contributed by atoms with Gasteiger partial charge in [0.1, 0.15) is 11.5 Å². The van der Waals surface area contributed by atoms with Gasteiger partial charge >= 0.3 is 0 Å². The lowest BCUT2D eigenvalue weighted by Gasteiger charge is -2.34. The first kappa shape index (κ1) is 25.4. The predicted octanol–water partition coefficient (Wildman–Crippen LogP) is 2.71. The number of halogens is 1. The molecule has 1 aromatic carbocycles. The highest BCUT2D eigenvalue weighted by Gasteiger charge is 2.25. The summed E-state index contributed by atoms with van der Waals surface area (Å²) < 4.78 is 11.3. The van der Waals surface area contributed by atoms with Crippen molar-refractivity contribution in [2.75, 3.05) is 39.8 Å². The second kappa shape index (κ2) is 12.8. The highest BCUT2D eigenvalue weighted by molar-refractivity contribution is 14.0. The van der Waals surface area contributed by atoms with Crippen molar-refractivity contribution >= 4 is 35.8 Å². The molecule has 33 heavy (non-hydrogen) atoms. The lowest BCUT2D eigenvalue weighted by molar-refractivity contribution is -0.122. The number of likely N-dealkylation sites (N-methyl/N-ethyl adjacent to an activating group) is 1. The molecular weight excluding hydrogens is 533 g/mol. The molecule has 2 aromatic rings. The van der Waals surface area contributed by atoms with Crippen LogP contribution in [-0.2, 0) is 11.2 Å². The van der Waals surface area contributed by atoms with E-state index in [0.29, 0.717) is 25.7 Å². The van der Waals surface area contributed by atoms with Crippen molar-refractivity contribution in [3.05, 3.63) is 54.0 Å². The number of para-hydroxylation sites is 1. The standard InChI is InChI=1S/C24H33N5O3.HI/c1-25-23(30)17-29-13-9-18(10-14-29)27-24(26-12-8-19-5-4-15-31-19)28-21-11-16-32-22-7-3-2-6-20(21)22;/h2-7,15,18,21H,8-14,16-17H2,1H3,(H,25,30)(H2,26,27,28);1H. The second-order valence-corrected chi connectivity index (χ2v) is 8.30. The maximum absolute atomic E-state index is 11.7. The van der Waals surface area contributed by atoms with Crippen molar-refractivity contribution in [3.63, 3.8) is 0 Å². The van der Waals surface area contributed by atoms with Gasteiger partial charge < -0.3 is 25.1 Å². The molecule has 1 saturated heterocycles. The number of likely N-dealkylation sites (tertiary alicyclic amines) is 1. The van der Waals surface area contributed by atoms with Crippen molar-refractivity contribution < 1.29 is 13.9 Å². The van der Waals surface area contributed by atoms with Gasteiger partial charge in [0.2, 0.25) is 5.91 Å². The summed E-state index contributed by atoms with van der Waals surface area (Å²) in [5.74, 6) is 2.76. The number of nitrogens with one attached hydrogen (secondary N) is 3. The van der Waals surface area contributed by atoms with Gasteiger partial charge in [-0.2, -0.15) is 0 Å². The summed E-state index contributed by atoms with van der Waals surface area (Å²) in [6.07, 6.45) is 5.29. The van der Waals surface area contributed by atoms with E-state index in [1.807, 2.05) is 30.3 Å². The maximum atomic E-state index is 11.7. The fourth-order valence-corrected chi connectivity index (χ4v) is 4.23. The van der Waals surface area contributed by atoms with E-state index in [2.05, 4.69) is 26.9 Å². The molecule has 2 aliphatic rings. The molecule has 3 heterocycles. The lowest BCUT2D eigenvalue weighted by Crippen LogP contribution is -2.50. The Morgan fingerprint density at radius 3 is 2.70 bits per heavy atom. The number of guanidine groups is 1. The fourth-order valence-electron chi connectivity index (χ4n) is 4.23. The van der Waals surface area contributed by atoms with Crippen LogP contribution in [0.3, 0.4) is 0 Å². The van der Waals surface area contributed by atoms with Crippen molar-refractivity contribution in [2.24, 2.45) is 4.99 Å². The van der Waals surface area contributed by atoms with Gasteiger partial charge in [0.25, 0.3) is 0 Å². The van der Waals surface area contributed by atoms with Crippen LogP contribution in [0.25, 0.3) is 0 Å². The Labute approximate surface area is 212 Å². The Hall–Kier alpha value is -2.27. The van der Waals surface area contributed by atoms with Crippen molar-refractivity contribution in [1.29, 1.82) is 0 Å². The molecular formula is C24H34IN5O3. The number of benzene rings is 1. The Morgan fingerprint density at radius 1 is 1.12 bits per heavy atom. The zero-order valence-electron chi connectivity index (χ0n) is 19.1. The molecule has 1 atom stereocenters. The number of aliphatic imine (C=N–C) groups is 1. The number of amides is 1. The third-order valence-corrected chi connectivity index (χ3v) is 6.05. The molecule has 0 bridgehead atoms. The van der Waals surface area contributed by atoms with Crippen LogP contribution in [0.5, 0.6) is 5.75 Å². The summed E-state index contributed by atoms with van der Waals surface area (Å²) in [6.45, 7) is 3.58. The first-order valence-corrected chi connectivity index (χ1v) is 11.5. The van der Waals surface area contributed by atoms with E-state index in [9.17, 15) is 4.79 Å². The number of nitrogens with zero attached hydrogens (tertiary/aromatic N) is 2. The molecule has 1 aromatic heterocycles. The average molecular weight is 567 g/mol. The molecule has 1 unspecified atom stereocenters. The van der Waals surface area contributed by atoms with Crippen molar-refractivity contribution in [1.82, 2.24) is 20.9 Å². The zero-order valence-corrected chi connectivity index (χ0v) is 21.4. The van der Waals surface area contributed by atoms with Crippen LogP contribution in [0.4, 0.5) is 0 Å². The minimum Gasteiger partial charge on any atom is -0.493 e. The fraction of sp³-hybridized carbons (Fsp3) is 0.500. The monoisotopic (exact) mass is 567 g/mol. The molecule has 0 radical (unpaired) electrons. The van der Waals surface area contributed by atoms with E-state index >= 15 is 0 Å². The van der Waals surface area contributed by atoms with Gasteiger partial charge in [0.15, 0.2) is 5.96 Å². The van der Waals surface area contributed by atoms with E-state index in [-0.39, 0.29) is 35.9 Å². The molecule has 0 aliphatic carbocycles. The van der Waals surface area contributed by atoms with Gasteiger partial charge in [0.05, 0.1) is 25.5 Å². The van der Waals surface area contributed by atoms with Gasteiger partial charge in [0, 0.05) is 51.1 Å². The van der Waals surface area contributed by atoms with Crippen LogP contribution < -0.4 is 20.7 Å². The smallest absolute Gasteiger partial charge is 0.233 e. The van der Waals surface area contributed by atoms with E-state index in [4.69, 9.17) is 14.1 Å². The Bertz CT molecular complexity index is 897. The molecule has 3 N–H and O–H groups in total. The molecule has 1 fully saturated rings. The second-order valence-electron chi connectivity index (χ2n) is 8.30. The molecule has 9 heteroatoms. The largest absolute Gasteiger partial charge is 0.493 e. The summed E-state index contributed by atoms with van der Waals surface area (Å²) in [5.41, 5.74) is 1.17.